The molecule has 1 aromatic carbocycles. The Morgan fingerprint density at radius 1 is 1.35 bits per heavy atom. The number of allylic oxidation sites excluding steroid dienone is 1. The van der Waals surface area contributed by atoms with Crippen LogP contribution in [-0.4, -0.2) is 72.6 Å². The molecule has 2 fully saturated rings. The third-order valence-electron chi connectivity index (χ3n) is 6.34. The first-order valence-corrected chi connectivity index (χ1v) is 13.1. The summed E-state index contributed by atoms with van der Waals surface area (Å²) in [7, 11) is 0. The molecule has 0 spiro atoms. The van der Waals surface area contributed by atoms with Crippen molar-refractivity contribution in [3.05, 3.63) is 61.9 Å². The third kappa shape index (κ3) is 4.68. The first-order valence-electron chi connectivity index (χ1n) is 11.5. The molecule has 5 rings (SSSR count). The van der Waals surface area contributed by atoms with E-state index in [-0.39, 0.29) is 18.4 Å². The summed E-state index contributed by atoms with van der Waals surface area (Å²) in [6.45, 7) is 7.08. The number of nitrogens with zero attached hydrogens (tertiary/aromatic N) is 4. The number of esters is 1. The molecule has 1 aromatic heterocycles. The molecule has 3 aliphatic rings. The number of thiazole rings is 1. The number of aliphatic imine (C=N–C) groups is 1. The van der Waals surface area contributed by atoms with Crippen LogP contribution in [0, 0.1) is 11.7 Å². The Hall–Kier alpha value is -2.14. The number of morpholine rings is 1. The second-order valence-corrected chi connectivity index (χ2v) is 10.3. The minimum absolute atomic E-state index is 0.271. The van der Waals surface area contributed by atoms with Gasteiger partial charge in [-0.15, -0.1) is 11.3 Å². The number of carbonyl (C=O) groups is 1. The van der Waals surface area contributed by atoms with Crippen molar-refractivity contribution in [2.45, 2.75) is 19.4 Å². The molecule has 180 valence electrons. The molecule has 4 heterocycles. The van der Waals surface area contributed by atoms with E-state index in [0.717, 1.165) is 67.9 Å². The first kappa shape index (κ1) is 23.6. The van der Waals surface area contributed by atoms with Crippen molar-refractivity contribution >= 4 is 39.1 Å². The molecular formula is C24H26BrFN4O3S. The van der Waals surface area contributed by atoms with Crippen molar-refractivity contribution in [1.82, 2.24) is 14.8 Å². The van der Waals surface area contributed by atoms with E-state index in [1.165, 1.54) is 23.5 Å². The van der Waals surface area contributed by atoms with Crippen molar-refractivity contribution in [2.75, 3.05) is 46.0 Å². The number of fused-ring (bicyclic) bond motifs is 1. The van der Waals surface area contributed by atoms with Gasteiger partial charge in [0.2, 0.25) is 0 Å². The van der Waals surface area contributed by atoms with Gasteiger partial charge >= 0.3 is 5.97 Å². The summed E-state index contributed by atoms with van der Waals surface area (Å²) in [6.07, 6.45) is 2.50. The number of halogens is 2. The van der Waals surface area contributed by atoms with Crippen molar-refractivity contribution in [3.63, 3.8) is 0 Å². The maximum Gasteiger partial charge on any atom is 0.338 e. The lowest BCUT2D eigenvalue weighted by atomic mass is 9.93. The highest BCUT2D eigenvalue weighted by Crippen LogP contribution is 2.44. The summed E-state index contributed by atoms with van der Waals surface area (Å²) >= 11 is 5.01. The van der Waals surface area contributed by atoms with Gasteiger partial charge in [0.15, 0.2) is 10.8 Å². The normalized spacial score (nSPS) is 23.1. The van der Waals surface area contributed by atoms with Gasteiger partial charge in [-0.05, 0) is 37.0 Å². The van der Waals surface area contributed by atoms with Gasteiger partial charge in [-0.2, -0.15) is 0 Å². The van der Waals surface area contributed by atoms with Gasteiger partial charge in [0.05, 0.1) is 25.4 Å². The van der Waals surface area contributed by atoms with Crippen molar-refractivity contribution in [1.29, 1.82) is 0 Å². The monoisotopic (exact) mass is 548 g/mol. The molecule has 0 unspecified atom stereocenters. The highest BCUT2D eigenvalue weighted by molar-refractivity contribution is 9.10. The van der Waals surface area contributed by atoms with Crippen LogP contribution in [0.2, 0.25) is 0 Å². The Balaban J connectivity index is 1.58. The van der Waals surface area contributed by atoms with Crippen LogP contribution in [0.5, 0.6) is 0 Å². The molecule has 2 atom stereocenters. The minimum Gasteiger partial charge on any atom is -0.463 e. The standard InChI is InChI=1S/C24H26BrFN4O3S/c1-2-33-24(31)20-19-11-15(13-29-6-8-32-9-7-29)14-30(19)22(23-27-5-10-34-23)28-21(20)17-4-3-16(26)12-18(17)25/h3-5,10,12,15,21H,2,6-9,11,13-14H2,1H3/t15-,21+/m0/s1. The van der Waals surface area contributed by atoms with E-state index in [0.29, 0.717) is 16.0 Å². The van der Waals surface area contributed by atoms with Crippen LogP contribution < -0.4 is 0 Å². The zero-order valence-electron chi connectivity index (χ0n) is 18.9. The molecule has 3 aliphatic heterocycles. The summed E-state index contributed by atoms with van der Waals surface area (Å²) in [5.41, 5.74) is 2.18. The summed E-state index contributed by atoms with van der Waals surface area (Å²) < 4.78 is 25.4. The maximum atomic E-state index is 13.9. The van der Waals surface area contributed by atoms with E-state index in [2.05, 4.69) is 30.7 Å². The predicted molar refractivity (Wildman–Crippen MR) is 131 cm³/mol. The SMILES string of the molecule is CCOC(=O)C1=C2C[C@@H](CN3CCOCC3)CN2C(c2nccs2)=N[C@@H]1c1ccc(F)cc1Br. The molecule has 0 amide bonds. The summed E-state index contributed by atoms with van der Waals surface area (Å²) in [4.78, 5) is 27.4. The fraction of sp³-hybridized carbons (Fsp3) is 0.458. The van der Waals surface area contributed by atoms with E-state index >= 15 is 0 Å². The van der Waals surface area contributed by atoms with Gasteiger partial charge < -0.3 is 14.4 Å². The van der Waals surface area contributed by atoms with E-state index in [9.17, 15) is 9.18 Å². The van der Waals surface area contributed by atoms with E-state index in [1.54, 1.807) is 19.2 Å². The Bertz CT molecular complexity index is 1120. The second kappa shape index (κ2) is 10.2. The summed E-state index contributed by atoms with van der Waals surface area (Å²) in [6, 6.07) is 3.88. The Morgan fingerprint density at radius 3 is 2.88 bits per heavy atom. The second-order valence-electron chi connectivity index (χ2n) is 8.53. The zero-order valence-corrected chi connectivity index (χ0v) is 21.3. The molecule has 0 aliphatic carbocycles. The van der Waals surface area contributed by atoms with Gasteiger partial charge in [-0.1, -0.05) is 22.0 Å². The Kier molecular flexibility index (Phi) is 7.10. The van der Waals surface area contributed by atoms with Crippen LogP contribution in [-0.2, 0) is 14.3 Å². The smallest absolute Gasteiger partial charge is 0.338 e. The van der Waals surface area contributed by atoms with Crippen LogP contribution in [0.15, 0.2) is 50.5 Å². The van der Waals surface area contributed by atoms with Crippen molar-refractivity contribution in [3.8, 4) is 0 Å². The lowest BCUT2D eigenvalue weighted by Crippen LogP contribution is -2.40. The van der Waals surface area contributed by atoms with Gasteiger partial charge in [0, 0.05) is 47.9 Å². The molecule has 0 radical (unpaired) electrons. The third-order valence-corrected chi connectivity index (χ3v) is 7.79. The largest absolute Gasteiger partial charge is 0.463 e. The number of benzene rings is 1. The molecule has 34 heavy (non-hydrogen) atoms. The summed E-state index contributed by atoms with van der Waals surface area (Å²) in [5, 5.41) is 2.72. The van der Waals surface area contributed by atoms with E-state index in [1.807, 2.05) is 5.38 Å². The Labute approximate surface area is 210 Å². The average molecular weight is 549 g/mol. The quantitative estimate of drug-likeness (QED) is 0.508. The molecule has 2 saturated heterocycles. The van der Waals surface area contributed by atoms with E-state index < -0.39 is 6.04 Å². The number of rotatable bonds is 6. The van der Waals surface area contributed by atoms with Gasteiger partial charge in [0.25, 0.3) is 0 Å². The number of carbonyl (C=O) groups excluding carboxylic acids is 1. The number of amidine groups is 1. The lowest BCUT2D eigenvalue weighted by molar-refractivity contribution is -0.139. The molecule has 7 nitrogen and oxygen atoms in total. The lowest BCUT2D eigenvalue weighted by Gasteiger charge is -2.32. The maximum absolute atomic E-state index is 13.9. The molecule has 0 saturated carbocycles. The summed E-state index contributed by atoms with van der Waals surface area (Å²) in [5.74, 6) is 0.355. The average Bonchev–Trinajstić information content (AvgIpc) is 3.49. The highest BCUT2D eigenvalue weighted by atomic mass is 79.9. The molecular weight excluding hydrogens is 523 g/mol. The zero-order chi connectivity index (χ0) is 23.7. The van der Waals surface area contributed by atoms with Crippen LogP contribution in [0.4, 0.5) is 4.39 Å². The first-order chi connectivity index (χ1) is 16.5. The highest BCUT2D eigenvalue weighted by Gasteiger charge is 2.42. The fourth-order valence-corrected chi connectivity index (χ4v) is 6.07. The van der Waals surface area contributed by atoms with Gasteiger partial charge in [0.1, 0.15) is 11.9 Å². The topological polar surface area (TPSA) is 67.3 Å². The number of aromatic nitrogens is 1. The number of hydrogen-bond acceptors (Lipinski definition) is 8. The van der Waals surface area contributed by atoms with Crippen LogP contribution in [0.3, 0.4) is 0 Å². The van der Waals surface area contributed by atoms with E-state index in [4.69, 9.17) is 14.5 Å². The molecule has 0 N–H and O–H groups in total. The van der Waals surface area contributed by atoms with Crippen LogP contribution in [0.25, 0.3) is 0 Å². The number of hydrogen-bond donors (Lipinski definition) is 0. The predicted octanol–water partition coefficient (Wildman–Crippen LogP) is 4.02. The Morgan fingerprint density at radius 2 is 2.18 bits per heavy atom. The fourth-order valence-electron chi connectivity index (χ4n) is 4.86. The van der Waals surface area contributed by atoms with Gasteiger partial charge in [-0.3, -0.25) is 9.89 Å². The molecule has 0 bridgehead atoms. The van der Waals surface area contributed by atoms with Crippen molar-refractivity contribution < 1.29 is 18.7 Å². The van der Waals surface area contributed by atoms with Crippen LogP contribution >= 0.6 is 27.3 Å². The van der Waals surface area contributed by atoms with Crippen LogP contribution in [0.1, 0.15) is 30.0 Å². The molecule has 10 heteroatoms. The van der Waals surface area contributed by atoms with Crippen molar-refractivity contribution in [2.24, 2.45) is 10.9 Å². The molecule has 2 aromatic rings. The van der Waals surface area contributed by atoms with Gasteiger partial charge in [-0.25, -0.2) is 14.2 Å². The minimum atomic E-state index is -0.610. The number of ether oxygens (including phenoxy) is 2.